The summed E-state index contributed by atoms with van der Waals surface area (Å²) in [5, 5.41) is 8.47. The zero-order chi connectivity index (χ0) is 10.4. The molecule has 0 spiro atoms. The van der Waals surface area contributed by atoms with Crippen molar-refractivity contribution in [3.05, 3.63) is 42.2 Å². The number of hydrogen-bond donors (Lipinski definition) is 0. The topological polar surface area (TPSA) is 63.0 Å². The fourth-order valence-corrected chi connectivity index (χ4v) is 0.799. The van der Waals surface area contributed by atoms with Crippen molar-refractivity contribution in [3.63, 3.8) is 0 Å². The summed E-state index contributed by atoms with van der Waals surface area (Å²) in [7, 11) is 0. The molecule has 0 unspecified atom stereocenters. The van der Waals surface area contributed by atoms with Gasteiger partial charge in [0.25, 0.3) is 0 Å². The number of aromatic nitrogens is 1. The minimum absolute atomic E-state index is 0.166. The van der Waals surface area contributed by atoms with Crippen LogP contribution in [-0.4, -0.2) is 17.6 Å². The zero-order valence-corrected chi connectivity index (χ0v) is 7.43. The van der Waals surface area contributed by atoms with E-state index in [1.165, 1.54) is 24.4 Å². The summed E-state index contributed by atoms with van der Waals surface area (Å²) in [5.41, 5.74) is 0.594. The second-order valence-corrected chi connectivity index (χ2v) is 2.43. The van der Waals surface area contributed by atoms with E-state index in [-0.39, 0.29) is 12.3 Å². The molecule has 0 N–H and O–H groups in total. The van der Waals surface area contributed by atoms with Crippen LogP contribution < -0.4 is 0 Å². The summed E-state index contributed by atoms with van der Waals surface area (Å²) in [6.07, 6.45) is 2.79. The number of nitrogens with zero attached hydrogens (tertiary/aromatic N) is 2. The van der Waals surface area contributed by atoms with Crippen LogP contribution >= 0.6 is 0 Å². The lowest BCUT2D eigenvalue weighted by atomic mass is 10.2. The molecule has 0 aliphatic heterocycles. The van der Waals surface area contributed by atoms with Crippen LogP contribution in [0.3, 0.4) is 0 Å². The van der Waals surface area contributed by atoms with Gasteiger partial charge in [-0.25, -0.2) is 9.78 Å². The third-order valence-electron chi connectivity index (χ3n) is 1.45. The quantitative estimate of drug-likeness (QED) is 0.529. The highest BCUT2D eigenvalue weighted by atomic mass is 16.5. The Morgan fingerprint density at radius 2 is 2.50 bits per heavy atom. The molecule has 0 aliphatic rings. The minimum atomic E-state index is -0.470. The van der Waals surface area contributed by atoms with E-state index in [1.807, 2.05) is 6.07 Å². The number of pyridine rings is 1. The van der Waals surface area contributed by atoms with Gasteiger partial charge in [-0.05, 0) is 12.1 Å². The summed E-state index contributed by atoms with van der Waals surface area (Å²) in [6.45, 7) is 3.58. The SMILES string of the molecule is C=CCOC(=O)c1ccc(C#N)nc1. The highest BCUT2D eigenvalue weighted by Crippen LogP contribution is 2.01. The van der Waals surface area contributed by atoms with Crippen LogP contribution in [0.4, 0.5) is 0 Å². The van der Waals surface area contributed by atoms with Gasteiger partial charge in [-0.2, -0.15) is 5.26 Å². The second kappa shape index (κ2) is 4.77. The number of nitriles is 1. The van der Waals surface area contributed by atoms with Gasteiger partial charge in [-0.15, -0.1) is 0 Å². The first-order valence-electron chi connectivity index (χ1n) is 3.92. The molecule has 1 aromatic rings. The minimum Gasteiger partial charge on any atom is -0.458 e. The van der Waals surface area contributed by atoms with Crippen molar-refractivity contribution in [2.75, 3.05) is 6.61 Å². The standard InChI is InChI=1S/C10H8N2O2/c1-2-5-14-10(13)8-3-4-9(6-11)12-7-8/h2-4,7H,1,5H2. The first-order chi connectivity index (χ1) is 6.77. The van der Waals surface area contributed by atoms with Gasteiger partial charge >= 0.3 is 5.97 Å². The van der Waals surface area contributed by atoms with Gasteiger partial charge < -0.3 is 4.74 Å². The third kappa shape index (κ3) is 2.42. The average molecular weight is 188 g/mol. The van der Waals surface area contributed by atoms with Crippen LogP contribution in [0.2, 0.25) is 0 Å². The van der Waals surface area contributed by atoms with Crippen molar-refractivity contribution in [1.29, 1.82) is 5.26 Å². The van der Waals surface area contributed by atoms with Crippen LogP contribution in [0.5, 0.6) is 0 Å². The molecule has 0 saturated carbocycles. The predicted molar refractivity (Wildman–Crippen MR) is 49.4 cm³/mol. The van der Waals surface area contributed by atoms with Gasteiger partial charge in [0.05, 0.1) is 5.56 Å². The first-order valence-corrected chi connectivity index (χ1v) is 3.92. The summed E-state index contributed by atoms with van der Waals surface area (Å²) in [6, 6.07) is 4.82. The lowest BCUT2D eigenvalue weighted by Crippen LogP contribution is -2.05. The maximum atomic E-state index is 11.2. The molecular weight excluding hydrogens is 180 g/mol. The number of ether oxygens (including phenoxy) is 1. The Bertz CT molecular complexity index is 376. The average Bonchev–Trinajstić information content (AvgIpc) is 2.26. The molecule has 14 heavy (non-hydrogen) atoms. The Morgan fingerprint density at radius 3 is 3.00 bits per heavy atom. The van der Waals surface area contributed by atoms with E-state index in [2.05, 4.69) is 11.6 Å². The summed E-state index contributed by atoms with van der Waals surface area (Å²) in [4.78, 5) is 14.9. The molecule has 1 heterocycles. The third-order valence-corrected chi connectivity index (χ3v) is 1.45. The van der Waals surface area contributed by atoms with Crippen LogP contribution in [0.1, 0.15) is 16.1 Å². The molecule has 0 atom stereocenters. The number of carbonyl (C=O) groups is 1. The number of esters is 1. The predicted octanol–water partition coefficient (Wildman–Crippen LogP) is 1.30. The van der Waals surface area contributed by atoms with E-state index in [9.17, 15) is 4.79 Å². The van der Waals surface area contributed by atoms with Crippen LogP contribution in [0.15, 0.2) is 31.0 Å². The largest absolute Gasteiger partial charge is 0.458 e. The van der Waals surface area contributed by atoms with Crippen molar-refractivity contribution in [2.45, 2.75) is 0 Å². The van der Waals surface area contributed by atoms with Crippen LogP contribution in [0, 0.1) is 11.3 Å². The number of rotatable bonds is 3. The molecule has 70 valence electrons. The highest BCUT2D eigenvalue weighted by molar-refractivity contribution is 5.89. The number of carbonyl (C=O) groups excluding carboxylic acids is 1. The summed E-state index contributed by atoms with van der Waals surface area (Å²) in [5.74, 6) is -0.470. The first kappa shape index (κ1) is 9.93. The summed E-state index contributed by atoms with van der Waals surface area (Å²) < 4.78 is 4.77. The molecule has 1 rings (SSSR count). The van der Waals surface area contributed by atoms with Crippen molar-refractivity contribution in [2.24, 2.45) is 0 Å². The second-order valence-electron chi connectivity index (χ2n) is 2.43. The maximum absolute atomic E-state index is 11.2. The van der Waals surface area contributed by atoms with Crippen molar-refractivity contribution in [3.8, 4) is 6.07 Å². The fourth-order valence-electron chi connectivity index (χ4n) is 0.799. The molecule has 0 saturated heterocycles. The monoisotopic (exact) mass is 188 g/mol. The maximum Gasteiger partial charge on any atom is 0.340 e. The highest BCUT2D eigenvalue weighted by Gasteiger charge is 2.05. The Labute approximate surface area is 81.5 Å². The molecule has 0 amide bonds. The van der Waals surface area contributed by atoms with E-state index in [0.29, 0.717) is 5.56 Å². The molecule has 4 nitrogen and oxygen atoms in total. The molecule has 0 aromatic carbocycles. The molecule has 0 bridgehead atoms. The Hall–Kier alpha value is -2.15. The smallest absolute Gasteiger partial charge is 0.340 e. The van der Waals surface area contributed by atoms with Crippen molar-refractivity contribution in [1.82, 2.24) is 4.98 Å². The van der Waals surface area contributed by atoms with E-state index in [0.717, 1.165) is 0 Å². The van der Waals surface area contributed by atoms with Crippen molar-refractivity contribution < 1.29 is 9.53 Å². The van der Waals surface area contributed by atoms with E-state index >= 15 is 0 Å². The molecule has 4 heteroatoms. The Kier molecular flexibility index (Phi) is 3.39. The van der Waals surface area contributed by atoms with E-state index < -0.39 is 5.97 Å². The molecule has 0 aliphatic carbocycles. The molecular formula is C10H8N2O2. The lowest BCUT2D eigenvalue weighted by molar-refractivity contribution is 0.0549. The van der Waals surface area contributed by atoms with Crippen molar-refractivity contribution >= 4 is 5.97 Å². The van der Waals surface area contributed by atoms with E-state index in [1.54, 1.807) is 0 Å². The molecule has 0 fully saturated rings. The van der Waals surface area contributed by atoms with Gasteiger partial charge in [0.15, 0.2) is 0 Å². The van der Waals surface area contributed by atoms with Gasteiger partial charge in [-0.1, -0.05) is 12.7 Å². The molecule has 0 radical (unpaired) electrons. The van der Waals surface area contributed by atoms with Crippen LogP contribution in [0.25, 0.3) is 0 Å². The number of hydrogen-bond acceptors (Lipinski definition) is 4. The van der Waals surface area contributed by atoms with Gasteiger partial charge in [0.2, 0.25) is 0 Å². The normalized spacial score (nSPS) is 8.79. The zero-order valence-electron chi connectivity index (χ0n) is 7.43. The fraction of sp³-hybridized carbons (Fsp3) is 0.100. The van der Waals surface area contributed by atoms with Gasteiger partial charge in [-0.3, -0.25) is 0 Å². The Balaban J connectivity index is 2.72. The van der Waals surface area contributed by atoms with Gasteiger partial charge in [0, 0.05) is 6.20 Å². The van der Waals surface area contributed by atoms with E-state index in [4.69, 9.17) is 10.00 Å². The molecule has 1 aromatic heterocycles. The van der Waals surface area contributed by atoms with Crippen LogP contribution in [-0.2, 0) is 4.74 Å². The Morgan fingerprint density at radius 1 is 1.71 bits per heavy atom. The summed E-state index contributed by atoms with van der Waals surface area (Å²) >= 11 is 0. The lowest BCUT2D eigenvalue weighted by Gasteiger charge is -2.00. The van der Waals surface area contributed by atoms with Gasteiger partial charge in [0.1, 0.15) is 18.4 Å².